The zero-order valence-electron chi connectivity index (χ0n) is 8.50. The van der Waals surface area contributed by atoms with E-state index >= 15 is 0 Å². The van der Waals surface area contributed by atoms with E-state index in [1.807, 2.05) is 6.92 Å². The van der Waals surface area contributed by atoms with Crippen LogP contribution in [0.25, 0.3) is 5.57 Å². The third-order valence-corrected chi connectivity index (χ3v) is 2.04. The number of aromatic hydroxyl groups is 1. The third kappa shape index (κ3) is 1.96. The van der Waals surface area contributed by atoms with Crippen LogP contribution in [-0.2, 0) is 0 Å². The van der Waals surface area contributed by atoms with Crippen molar-refractivity contribution in [3.8, 4) is 11.5 Å². The highest BCUT2D eigenvalue weighted by molar-refractivity contribution is 5.77. The first-order chi connectivity index (χ1) is 6.56. The Balaban J connectivity index is 3.12. The Morgan fingerprint density at radius 2 is 2.00 bits per heavy atom. The van der Waals surface area contributed by atoms with Gasteiger partial charge in [-0.1, -0.05) is 24.8 Å². The van der Waals surface area contributed by atoms with Crippen LogP contribution in [-0.4, -0.2) is 12.2 Å². The molecule has 0 aliphatic rings. The molecule has 0 atom stereocenters. The maximum atomic E-state index is 9.38. The number of methoxy groups -OCH3 is 1. The molecule has 0 fully saturated rings. The normalized spacial score (nSPS) is 9.57. The van der Waals surface area contributed by atoms with Crippen molar-refractivity contribution in [2.24, 2.45) is 0 Å². The molecule has 2 heteroatoms. The van der Waals surface area contributed by atoms with E-state index in [0.717, 1.165) is 16.7 Å². The van der Waals surface area contributed by atoms with Crippen LogP contribution in [0.5, 0.6) is 11.5 Å². The van der Waals surface area contributed by atoms with E-state index in [0.29, 0.717) is 5.75 Å². The second-order valence-electron chi connectivity index (χ2n) is 3.15. The van der Waals surface area contributed by atoms with Crippen LogP contribution in [0.3, 0.4) is 0 Å². The Kier molecular flexibility index (Phi) is 2.97. The molecule has 1 N–H and O–H groups in total. The first-order valence-corrected chi connectivity index (χ1v) is 4.28. The SMILES string of the molecule is C=C(C)C(=C)c1ccc(O)c(OC)c1. The standard InChI is InChI=1S/C12H14O2/c1-8(2)9(3)10-5-6-11(13)12(7-10)14-4/h5-7,13H,1,3H2,2,4H3. The highest BCUT2D eigenvalue weighted by atomic mass is 16.5. The second kappa shape index (κ2) is 4.01. The van der Waals surface area contributed by atoms with E-state index in [2.05, 4.69) is 13.2 Å². The molecule has 0 amide bonds. The van der Waals surface area contributed by atoms with Crippen molar-refractivity contribution >= 4 is 5.57 Å². The largest absolute Gasteiger partial charge is 0.504 e. The lowest BCUT2D eigenvalue weighted by atomic mass is 10.0. The molecule has 1 aromatic rings. The minimum Gasteiger partial charge on any atom is -0.504 e. The number of allylic oxidation sites excluding steroid dienone is 2. The number of hydrogen-bond donors (Lipinski definition) is 1. The predicted molar refractivity (Wildman–Crippen MR) is 58.5 cm³/mol. The van der Waals surface area contributed by atoms with E-state index in [9.17, 15) is 5.11 Å². The summed E-state index contributed by atoms with van der Waals surface area (Å²) in [5.41, 5.74) is 2.66. The minimum atomic E-state index is 0.130. The molecule has 0 bridgehead atoms. The quantitative estimate of drug-likeness (QED) is 0.742. The van der Waals surface area contributed by atoms with Gasteiger partial charge in [-0.2, -0.15) is 0 Å². The molecule has 14 heavy (non-hydrogen) atoms. The molecule has 1 aromatic carbocycles. The number of rotatable bonds is 3. The fraction of sp³-hybridized carbons (Fsp3) is 0.167. The average Bonchev–Trinajstić information content (AvgIpc) is 2.17. The van der Waals surface area contributed by atoms with Crippen molar-refractivity contribution in [1.29, 1.82) is 0 Å². The summed E-state index contributed by atoms with van der Waals surface area (Å²) in [5, 5.41) is 9.38. The molecular weight excluding hydrogens is 176 g/mol. The maximum Gasteiger partial charge on any atom is 0.161 e. The Morgan fingerprint density at radius 3 is 2.50 bits per heavy atom. The summed E-state index contributed by atoms with van der Waals surface area (Å²) in [6.07, 6.45) is 0. The highest BCUT2D eigenvalue weighted by Crippen LogP contribution is 2.30. The molecule has 0 aromatic heterocycles. The number of ether oxygens (including phenoxy) is 1. The van der Waals surface area contributed by atoms with E-state index in [-0.39, 0.29) is 5.75 Å². The number of benzene rings is 1. The van der Waals surface area contributed by atoms with Crippen LogP contribution in [0.1, 0.15) is 12.5 Å². The molecule has 1 rings (SSSR count). The Bertz CT molecular complexity index is 378. The molecule has 0 saturated heterocycles. The van der Waals surface area contributed by atoms with Crippen LogP contribution in [0, 0.1) is 0 Å². The second-order valence-corrected chi connectivity index (χ2v) is 3.15. The van der Waals surface area contributed by atoms with Crippen LogP contribution >= 0.6 is 0 Å². The maximum absolute atomic E-state index is 9.38. The topological polar surface area (TPSA) is 29.5 Å². The molecule has 0 unspecified atom stereocenters. The number of phenolic OH excluding ortho intramolecular Hbond substituents is 1. The number of phenols is 1. The smallest absolute Gasteiger partial charge is 0.161 e. The lowest BCUT2D eigenvalue weighted by molar-refractivity contribution is 0.373. The predicted octanol–water partition coefficient (Wildman–Crippen LogP) is 2.99. The summed E-state index contributed by atoms with van der Waals surface area (Å²) < 4.78 is 4.99. The third-order valence-electron chi connectivity index (χ3n) is 2.04. The lowest BCUT2D eigenvalue weighted by Crippen LogP contribution is -1.88. The number of hydrogen-bond acceptors (Lipinski definition) is 2. The Hall–Kier alpha value is -1.70. The first-order valence-electron chi connectivity index (χ1n) is 4.28. The van der Waals surface area contributed by atoms with Gasteiger partial charge < -0.3 is 9.84 Å². The van der Waals surface area contributed by atoms with Gasteiger partial charge in [0.25, 0.3) is 0 Å². The van der Waals surface area contributed by atoms with E-state index in [4.69, 9.17) is 4.74 Å². The van der Waals surface area contributed by atoms with Crippen molar-refractivity contribution < 1.29 is 9.84 Å². The fourth-order valence-electron chi connectivity index (χ4n) is 1.11. The van der Waals surface area contributed by atoms with Gasteiger partial charge in [0.2, 0.25) is 0 Å². The van der Waals surface area contributed by atoms with Gasteiger partial charge in [0, 0.05) is 0 Å². The summed E-state index contributed by atoms with van der Waals surface area (Å²) in [4.78, 5) is 0. The van der Waals surface area contributed by atoms with E-state index in [1.165, 1.54) is 7.11 Å². The zero-order chi connectivity index (χ0) is 10.7. The highest BCUT2D eigenvalue weighted by Gasteiger charge is 2.05. The first kappa shape index (κ1) is 10.4. The van der Waals surface area contributed by atoms with Crippen LogP contribution in [0.15, 0.2) is 36.9 Å². The monoisotopic (exact) mass is 190 g/mol. The van der Waals surface area contributed by atoms with Crippen molar-refractivity contribution in [3.63, 3.8) is 0 Å². The van der Waals surface area contributed by atoms with E-state index in [1.54, 1.807) is 18.2 Å². The summed E-state index contributed by atoms with van der Waals surface area (Å²) in [6, 6.07) is 5.11. The summed E-state index contributed by atoms with van der Waals surface area (Å²) in [5.74, 6) is 0.579. The van der Waals surface area contributed by atoms with Gasteiger partial charge in [-0.05, 0) is 30.2 Å². The van der Waals surface area contributed by atoms with Gasteiger partial charge >= 0.3 is 0 Å². The van der Waals surface area contributed by atoms with Crippen LogP contribution in [0.4, 0.5) is 0 Å². The molecule has 0 aliphatic carbocycles. The molecule has 2 nitrogen and oxygen atoms in total. The van der Waals surface area contributed by atoms with Crippen molar-refractivity contribution in [1.82, 2.24) is 0 Å². The Morgan fingerprint density at radius 1 is 1.36 bits per heavy atom. The minimum absolute atomic E-state index is 0.130. The summed E-state index contributed by atoms with van der Waals surface area (Å²) in [6.45, 7) is 9.59. The van der Waals surface area contributed by atoms with Gasteiger partial charge in [-0.25, -0.2) is 0 Å². The summed E-state index contributed by atoms with van der Waals surface area (Å²) >= 11 is 0. The Labute approximate surface area is 84.1 Å². The average molecular weight is 190 g/mol. The van der Waals surface area contributed by atoms with Gasteiger partial charge in [-0.15, -0.1) is 0 Å². The van der Waals surface area contributed by atoms with Crippen LogP contribution < -0.4 is 4.74 Å². The molecule has 0 saturated carbocycles. The fourth-order valence-corrected chi connectivity index (χ4v) is 1.11. The lowest BCUT2D eigenvalue weighted by Gasteiger charge is -2.08. The van der Waals surface area contributed by atoms with Gasteiger partial charge in [0.15, 0.2) is 11.5 Å². The molecule has 0 spiro atoms. The molecule has 0 aliphatic heterocycles. The van der Waals surface area contributed by atoms with E-state index < -0.39 is 0 Å². The van der Waals surface area contributed by atoms with Crippen LogP contribution in [0.2, 0.25) is 0 Å². The van der Waals surface area contributed by atoms with Crippen molar-refractivity contribution in [2.45, 2.75) is 6.92 Å². The van der Waals surface area contributed by atoms with Crippen molar-refractivity contribution in [2.75, 3.05) is 7.11 Å². The molecule has 74 valence electrons. The molecular formula is C12H14O2. The van der Waals surface area contributed by atoms with Gasteiger partial charge in [-0.3, -0.25) is 0 Å². The molecule has 0 heterocycles. The van der Waals surface area contributed by atoms with Gasteiger partial charge in [0.05, 0.1) is 7.11 Å². The van der Waals surface area contributed by atoms with Crippen molar-refractivity contribution in [3.05, 3.63) is 42.5 Å². The zero-order valence-corrected chi connectivity index (χ0v) is 8.50. The van der Waals surface area contributed by atoms with Gasteiger partial charge in [0.1, 0.15) is 0 Å². The molecule has 0 radical (unpaired) electrons. The summed E-state index contributed by atoms with van der Waals surface area (Å²) in [7, 11) is 1.52.